The first-order chi connectivity index (χ1) is 8.70. The molecule has 102 valence electrons. The molecule has 4 saturated carbocycles. The van der Waals surface area contributed by atoms with E-state index in [0.717, 1.165) is 34.8 Å². The van der Waals surface area contributed by atoms with Crippen molar-refractivity contribution in [2.75, 3.05) is 7.11 Å². The minimum absolute atomic E-state index is 1.02. The van der Waals surface area contributed by atoms with Crippen molar-refractivity contribution < 1.29 is 4.43 Å². The van der Waals surface area contributed by atoms with Crippen LogP contribution in [0.15, 0.2) is 0 Å². The predicted octanol–water partition coefficient (Wildman–Crippen LogP) is 4.59. The molecule has 0 amide bonds. The van der Waals surface area contributed by atoms with E-state index in [9.17, 15) is 0 Å². The Morgan fingerprint density at radius 1 is 0.778 bits per heavy atom. The van der Waals surface area contributed by atoms with Crippen molar-refractivity contribution in [3.63, 3.8) is 0 Å². The summed E-state index contributed by atoms with van der Waals surface area (Å²) in [5, 5.41) is 0. The molecule has 0 aromatic carbocycles. The zero-order chi connectivity index (χ0) is 12.3. The van der Waals surface area contributed by atoms with E-state index < -0.39 is 8.32 Å². The summed E-state index contributed by atoms with van der Waals surface area (Å²) in [7, 11) is 0.595. The second-order valence-corrected chi connectivity index (χ2v) is 12.2. The van der Waals surface area contributed by atoms with Crippen molar-refractivity contribution in [1.82, 2.24) is 0 Å². The third kappa shape index (κ3) is 1.54. The highest BCUT2D eigenvalue weighted by molar-refractivity contribution is 6.75. The monoisotopic (exact) mass is 264 g/mol. The summed E-state index contributed by atoms with van der Waals surface area (Å²) in [6.45, 7) is 2.61. The van der Waals surface area contributed by atoms with E-state index in [2.05, 4.69) is 13.7 Å². The Balaban J connectivity index is 1.59. The summed E-state index contributed by atoms with van der Waals surface area (Å²) in [4.78, 5) is 0. The molecule has 4 aliphatic carbocycles. The lowest BCUT2D eigenvalue weighted by Crippen LogP contribution is -2.47. The molecule has 4 rings (SSSR count). The van der Waals surface area contributed by atoms with Gasteiger partial charge in [-0.15, -0.1) is 0 Å². The lowest BCUT2D eigenvalue weighted by molar-refractivity contribution is 0.312. The number of rotatable bonds is 3. The lowest BCUT2D eigenvalue weighted by atomic mass is 9.99. The van der Waals surface area contributed by atoms with Crippen LogP contribution in [0.25, 0.3) is 0 Å². The molecule has 18 heavy (non-hydrogen) atoms. The molecule has 0 radical (unpaired) electrons. The van der Waals surface area contributed by atoms with Gasteiger partial charge in [-0.1, -0.05) is 25.7 Å². The second kappa shape index (κ2) is 4.08. The van der Waals surface area contributed by atoms with E-state index in [4.69, 9.17) is 4.43 Å². The highest BCUT2D eigenvalue weighted by Crippen LogP contribution is 2.63. The van der Waals surface area contributed by atoms with Crippen molar-refractivity contribution in [1.29, 1.82) is 0 Å². The quantitative estimate of drug-likeness (QED) is 0.678. The van der Waals surface area contributed by atoms with Gasteiger partial charge in [-0.25, -0.2) is 0 Å². The first-order valence-electron chi connectivity index (χ1n) is 8.26. The highest BCUT2D eigenvalue weighted by atomic mass is 28.4. The maximum Gasteiger partial charge on any atom is 0.195 e. The van der Waals surface area contributed by atoms with Crippen LogP contribution < -0.4 is 0 Å². The van der Waals surface area contributed by atoms with Crippen LogP contribution in [0.4, 0.5) is 0 Å². The van der Waals surface area contributed by atoms with Crippen molar-refractivity contribution in [3.05, 3.63) is 0 Å². The fourth-order valence-corrected chi connectivity index (χ4v) is 11.7. The van der Waals surface area contributed by atoms with Gasteiger partial charge in [0.1, 0.15) is 0 Å². The summed E-state index contributed by atoms with van der Waals surface area (Å²) >= 11 is 0. The van der Waals surface area contributed by atoms with E-state index in [-0.39, 0.29) is 0 Å². The van der Waals surface area contributed by atoms with Crippen LogP contribution in [0, 0.1) is 23.7 Å². The fourth-order valence-electron chi connectivity index (χ4n) is 6.47. The molecule has 1 nitrogen and oxygen atoms in total. The Labute approximate surface area is 113 Å². The van der Waals surface area contributed by atoms with E-state index >= 15 is 0 Å². The Hall–Kier alpha value is 0.177. The molecule has 0 aromatic rings. The summed E-state index contributed by atoms with van der Waals surface area (Å²) in [5.74, 6) is 4.29. The molecule has 0 heterocycles. The van der Waals surface area contributed by atoms with Gasteiger partial charge in [-0.2, -0.15) is 0 Å². The first-order valence-corrected chi connectivity index (χ1v) is 10.8. The van der Waals surface area contributed by atoms with Crippen molar-refractivity contribution in [2.45, 2.75) is 69.0 Å². The highest BCUT2D eigenvalue weighted by Gasteiger charge is 2.58. The van der Waals surface area contributed by atoms with Gasteiger partial charge in [0.05, 0.1) is 0 Å². The third-order valence-corrected chi connectivity index (χ3v) is 12.6. The Bertz CT molecular complexity index is 314. The fraction of sp³-hybridized carbons (Fsp3) is 1.00. The molecule has 6 atom stereocenters. The van der Waals surface area contributed by atoms with E-state index in [1.807, 2.05) is 0 Å². The Morgan fingerprint density at radius 2 is 1.28 bits per heavy atom. The molecule has 4 fully saturated rings. The topological polar surface area (TPSA) is 9.23 Å². The van der Waals surface area contributed by atoms with Gasteiger partial charge in [-0.05, 0) is 67.0 Å². The van der Waals surface area contributed by atoms with Crippen molar-refractivity contribution in [3.8, 4) is 0 Å². The van der Waals surface area contributed by atoms with Crippen LogP contribution in [0.5, 0.6) is 0 Å². The average Bonchev–Trinajstić information content (AvgIpc) is 3.15. The average molecular weight is 264 g/mol. The molecule has 2 heteroatoms. The smallest absolute Gasteiger partial charge is 0.195 e. The molecule has 0 aliphatic heterocycles. The van der Waals surface area contributed by atoms with Gasteiger partial charge in [0, 0.05) is 7.11 Å². The standard InChI is InChI=1S/C16H28OSi/c1-17-18(2,15-9-11-3-5-13(15)7-11)16-10-12-4-6-14(16)8-12/h11-16H,3-10H2,1-2H3. The molecule has 4 aliphatic rings. The lowest BCUT2D eigenvalue weighted by Gasteiger charge is -2.44. The van der Waals surface area contributed by atoms with Crippen LogP contribution in [-0.2, 0) is 4.43 Å². The summed E-state index contributed by atoms with van der Waals surface area (Å²) < 4.78 is 6.35. The van der Waals surface area contributed by atoms with E-state index in [1.165, 1.54) is 38.5 Å². The Morgan fingerprint density at radius 3 is 1.56 bits per heavy atom. The van der Waals surface area contributed by atoms with Crippen LogP contribution in [0.2, 0.25) is 17.6 Å². The summed E-state index contributed by atoms with van der Waals surface area (Å²) in [6.07, 6.45) is 12.3. The van der Waals surface area contributed by atoms with Gasteiger partial charge in [0.15, 0.2) is 8.32 Å². The molecule has 0 saturated heterocycles. The zero-order valence-electron chi connectivity index (χ0n) is 12.0. The predicted molar refractivity (Wildman–Crippen MR) is 77.0 cm³/mol. The largest absolute Gasteiger partial charge is 0.420 e. The molecule has 0 aromatic heterocycles. The van der Waals surface area contributed by atoms with Gasteiger partial charge in [-0.3, -0.25) is 0 Å². The molecule has 4 bridgehead atoms. The van der Waals surface area contributed by atoms with Crippen LogP contribution in [0.1, 0.15) is 51.4 Å². The molecule has 0 N–H and O–H groups in total. The molecule has 0 spiro atoms. The maximum atomic E-state index is 6.35. The third-order valence-electron chi connectivity index (χ3n) is 7.39. The Kier molecular flexibility index (Phi) is 2.71. The van der Waals surface area contributed by atoms with Crippen LogP contribution in [-0.4, -0.2) is 15.4 Å². The van der Waals surface area contributed by atoms with E-state index in [1.54, 1.807) is 12.8 Å². The zero-order valence-corrected chi connectivity index (χ0v) is 13.0. The second-order valence-electron chi connectivity index (χ2n) is 7.95. The van der Waals surface area contributed by atoms with E-state index in [0.29, 0.717) is 0 Å². The summed E-state index contributed by atoms with van der Waals surface area (Å²) in [5.41, 5.74) is 2.04. The van der Waals surface area contributed by atoms with Gasteiger partial charge in [0.2, 0.25) is 0 Å². The van der Waals surface area contributed by atoms with Gasteiger partial charge < -0.3 is 4.43 Å². The van der Waals surface area contributed by atoms with Gasteiger partial charge in [0.25, 0.3) is 0 Å². The van der Waals surface area contributed by atoms with Crippen molar-refractivity contribution >= 4 is 8.32 Å². The molecule has 6 unspecified atom stereocenters. The molecular formula is C16H28OSi. The number of hydrogen-bond acceptors (Lipinski definition) is 1. The van der Waals surface area contributed by atoms with Crippen LogP contribution in [0.3, 0.4) is 0 Å². The first kappa shape index (κ1) is 12.0. The number of fused-ring (bicyclic) bond motifs is 4. The normalized spacial score (nSPS) is 53.0. The minimum Gasteiger partial charge on any atom is -0.420 e. The van der Waals surface area contributed by atoms with Gasteiger partial charge >= 0.3 is 0 Å². The molecular weight excluding hydrogens is 236 g/mol. The van der Waals surface area contributed by atoms with Crippen LogP contribution >= 0.6 is 0 Å². The summed E-state index contributed by atoms with van der Waals surface area (Å²) in [6, 6.07) is 0. The van der Waals surface area contributed by atoms with Crippen molar-refractivity contribution in [2.24, 2.45) is 23.7 Å². The SMILES string of the molecule is CO[Si](C)(C1CC2CCC1C2)C1CC2CCC1C2. The minimum atomic E-state index is -1.46. The maximum absolute atomic E-state index is 6.35. The number of hydrogen-bond donors (Lipinski definition) is 0.